The highest BCUT2D eigenvalue weighted by atomic mass is 16.6. The van der Waals surface area contributed by atoms with Crippen LogP contribution in [0.15, 0.2) is 36.5 Å². The van der Waals surface area contributed by atoms with Crippen molar-refractivity contribution in [1.82, 2.24) is 0 Å². The molecule has 460 valence electrons. The number of hydrogen-bond donors (Lipinski definition) is 1. The number of aliphatic hydroxyl groups is 1. The summed E-state index contributed by atoms with van der Waals surface area (Å²) in [6.07, 6.45) is 91.9. The molecular formula is C73H138O5. The van der Waals surface area contributed by atoms with Gasteiger partial charge >= 0.3 is 11.9 Å². The van der Waals surface area contributed by atoms with Gasteiger partial charge in [-0.15, -0.1) is 0 Å². The standard InChI is InChI=1S/C73H138O5/c1-3-5-7-9-11-13-15-17-19-21-23-25-27-29-31-32-33-34-35-36-37-38-39-40-42-43-45-47-49-51-53-55-57-59-61-63-65-67-72(75)77-70-71(69-74)78-73(76)68-66-64-62-60-58-56-54-52-50-48-46-44-41-30-28-26-24-22-20-18-16-14-12-10-8-6-4-2/h16,18,21-24,71,74H,3-15,17,19-20,25-70H2,1-2H3/b18-16-,23-21-,24-22-. The summed E-state index contributed by atoms with van der Waals surface area (Å²) in [5.74, 6) is -0.567. The molecule has 1 unspecified atom stereocenters. The second-order valence-electron chi connectivity index (χ2n) is 24.3. The van der Waals surface area contributed by atoms with Gasteiger partial charge in [0.2, 0.25) is 0 Å². The lowest BCUT2D eigenvalue weighted by atomic mass is 10.0. The van der Waals surface area contributed by atoms with E-state index in [2.05, 4.69) is 50.3 Å². The minimum absolute atomic E-state index is 0.0598. The monoisotopic (exact) mass is 1100 g/mol. The molecule has 1 N–H and O–H groups in total. The van der Waals surface area contributed by atoms with Gasteiger partial charge in [-0.3, -0.25) is 9.59 Å². The van der Waals surface area contributed by atoms with Crippen molar-refractivity contribution in [2.45, 2.75) is 405 Å². The average molecular weight is 1100 g/mol. The Morgan fingerprint density at radius 1 is 0.295 bits per heavy atom. The number of esters is 2. The fourth-order valence-corrected chi connectivity index (χ4v) is 11.1. The minimum Gasteiger partial charge on any atom is -0.462 e. The van der Waals surface area contributed by atoms with E-state index >= 15 is 0 Å². The van der Waals surface area contributed by atoms with E-state index < -0.39 is 6.10 Å². The van der Waals surface area contributed by atoms with Crippen LogP contribution in [0, 0.1) is 0 Å². The zero-order valence-corrected chi connectivity index (χ0v) is 53.0. The average Bonchev–Trinajstić information content (AvgIpc) is 3.44. The summed E-state index contributed by atoms with van der Waals surface area (Å²) in [6.45, 7) is 4.19. The van der Waals surface area contributed by atoms with Crippen LogP contribution < -0.4 is 0 Å². The second kappa shape index (κ2) is 69.4. The van der Waals surface area contributed by atoms with Gasteiger partial charge in [0.15, 0.2) is 6.10 Å². The molecule has 0 aliphatic rings. The molecule has 0 rings (SSSR count). The first-order chi connectivity index (χ1) is 38.6. The molecule has 5 heteroatoms. The summed E-state index contributed by atoms with van der Waals surface area (Å²) >= 11 is 0. The van der Waals surface area contributed by atoms with Crippen molar-refractivity contribution >= 4 is 11.9 Å². The summed E-state index contributed by atoms with van der Waals surface area (Å²) in [4.78, 5) is 24.6. The van der Waals surface area contributed by atoms with Crippen molar-refractivity contribution in [2.24, 2.45) is 0 Å². The van der Waals surface area contributed by atoms with Crippen LogP contribution in [0.4, 0.5) is 0 Å². The molecule has 0 aliphatic carbocycles. The lowest BCUT2D eigenvalue weighted by molar-refractivity contribution is -0.161. The SMILES string of the molecule is CCCCCCC/C=C\C/C=C\CCCCCCCCCCCCCCCCCC(=O)OC(CO)COC(=O)CCCCCCCCCCCCCCCCCCCCCCCCCCC/C=C\CCCCCCCCCC. The molecule has 0 saturated heterocycles. The molecular weight excluding hydrogens is 957 g/mol. The quantitative estimate of drug-likeness (QED) is 0.0373. The Morgan fingerprint density at radius 2 is 0.513 bits per heavy atom. The van der Waals surface area contributed by atoms with Gasteiger partial charge < -0.3 is 14.6 Å². The van der Waals surface area contributed by atoms with Gasteiger partial charge in [0.25, 0.3) is 0 Å². The summed E-state index contributed by atoms with van der Waals surface area (Å²) in [7, 11) is 0. The number of carbonyl (C=O) groups is 2. The number of unbranched alkanes of at least 4 members (excludes halogenated alkanes) is 53. The summed E-state index contributed by atoms with van der Waals surface area (Å²) in [6, 6.07) is 0. The van der Waals surface area contributed by atoms with E-state index in [0.29, 0.717) is 12.8 Å². The first-order valence-electron chi connectivity index (χ1n) is 35.5. The maximum Gasteiger partial charge on any atom is 0.306 e. The van der Waals surface area contributed by atoms with Crippen molar-refractivity contribution in [3.8, 4) is 0 Å². The lowest BCUT2D eigenvalue weighted by Gasteiger charge is -2.15. The number of hydrogen-bond acceptors (Lipinski definition) is 5. The lowest BCUT2D eigenvalue weighted by Crippen LogP contribution is -2.28. The Labute approximate surface area is 488 Å². The van der Waals surface area contributed by atoms with Gasteiger partial charge in [-0.1, -0.05) is 352 Å². The predicted octanol–water partition coefficient (Wildman–Crippen LogP) is 24.5. The van der Waals surface area contributed by atoms with Gasteiger partial charge in [0, 0.05) is 12.8 Å². The van der Waals surface area contributed by atoms with Crippen LogP contribution in [0.2, 0.25) is 0 Å². The summed E-state index contributed by atoms with van der Waals surface area (Å²) in [5.41, 5.74) is 0. The van der Waals surface area contributed by atoms with Crippen molar-refractivity contribution in [2.75, 3.05) is 13.2 Å². The highest BCUT2D eigenvalue weighted by molar-refractivity contribution is 5.70. The molecule has 0 fully saturated rings. The highest BCUT2D eigenvalue weighted by Gasteiger charge is 2.16. The van der Waals surface area contributed by atoms with Crippen molar-refractivity contribution in [3.63, 3.8) is 0 Å². The molecule has 0 heterocycles. The van der Waals surface area contributed by atoms with Crippen molar-refractivity contribution in [3.05, 3.63) is 36.5 Å². The van der Waals surface area contributed by atoms with Gasteiger partial charge in [0.1, 0.15) is 6.61 Å². The predicted molar refractivity (Wildman–Crippen MR) is 344 cm³/mol. The zero-order chi connectivity index (χ0) is 56.2. The number of ether oxygens (including phenoxy) is 2. The van der Waals surface area contributed by atoms with E-state index in [0.717, 1.165) is 38.5 Å². The van der Waals surface area contributed by atoms with Crippen molar-refractivity contribution in [1.29, 1.82) is 0 Å². The van der Waals surface area contributed by atoms with E-state index in [4.69, 9.17) is 9.47 Å². The minimum atomic E-state index is -0.770. The Morgan fingerprint density at radius 3 is 0.769 bits per heavy atom. The highest BCUT2D eigenvalue weighted by Crippen LogP contribution is 2.19. The first-order valence-corrected chi connectivity index (χ1v) is 35.5. The van der Waals surface area contributed by atoms with Gasteiger partial charge in [-0.05, 0) is 70.6 Å². The van der Waals surface area contributed by atoms with Crippen LogP contribution in [-0.4, -0.2) is 36.4 Å². The maximum absolute atomic E-state index is 12.4. The summed E-state index contributed by atoms with van der Waals surface area (Å²) < 4.78 is 10.8. The van der Waals surface area contributed by atoms with Gasteiger partial charge in [-0.25, -0.2) is 0 Å². The van der Waals surface area contributed by atoms with Gasteiger partial charge in [0.05, 0.1) is 6.61 Å². The summed E-state index contributed by atoms with van der Waals surface area (Å²) in [5, 5.41) is 9.70. The molecule has 0 amide bonds. The van der Waals surface area contributed by atoms with Crippen LogP contribution in [0.1, 0.15) is 399 Å². The Kier molecular flexibility index (Phi) is 67.7. The van der Waals surface area contributed by atoms with Crippen molar-refractivity contribution < 1.29 is 24.2 Å². The molecule has 0 saturated carbocycles. The number of rotatable bonds is 67. The van der Waals surface area contributed by atoms with Crippen LogP contribution in [-0.2, 0) is 19.1 Å². The largest absolute Gasteiger partial charge is 0.462 e. The van der Waals surface area contributed by atoms with Crippen LogP contribution in [0.5, 0.6) is 0 Å². The fraction of sp³-hybridized carbons (Fsp3) is 0.890. The topological polar surface area (TPSA) is 72.8 Å². The Balaban J connectivity index is 3.37. The third-order valence-corrected chi connectivity index (χ3v) is 16.4. The van der Waals surface area contributed by atoms with E-state index in [1.165, 1.54) is 334 Å². The van der Waals surface area contributed by atoms with E-state index in [9.17, 15) is 14.7 Å². The normalized spacial score (nSPS) is 12.3. The van der Waals surface area contributed by atoms with Crippen LogP contribution >= 0.6 is 0 Å². The van der Waals surface area contributed by atoms with Crippen LogP contribution in [0.3, 0.4) is 0 Å². The molecule has 0 radical (unpaired) electrons. The van der Waals surface area contributed by atoms with E-state index in [1.807, 2.05) is 0 Å². The molecule has 0 aliphatic heterocycles. The second-order valence-corrected chi connectivity index (χ2v) is 24.3. The molecule has 0 bridgehead atoms. The van der Waals surface area contributed by atoms with E-state index in [-0.39, 0.29) is 25.2 Å². The van der Waals surface area contributed by atoms with Crippen LogP contribution in [0.25, 0.3) is 0 Å². The fourth-order valence-electron chi connectivity index (χ4n) is 11.1. The first kappa shape index (κ1) is 76.1. The van der Waals surface area contributed by atoms with E-state index in [1.54, 1.807) is 0 Å². The number of aliphatic hydroxyl groups excluding tert-OH is 1. The molecule has 0 aromatic heterocycles. The third kappa shape index (κ3) is 66.6. The zero-order valence-electron chi connectivity index (χ0n) is 53.0. The number of carbonyl (C=O) groups excluding carboxylic acids is 2. The maximum atomic E-state index is 12.4. The molecule has 78 heavy (non-hydrogen) atoms. The molecule has 1 atom stereocenters. The molecule has 0 aromatic rings. The smallest absolute Gasteiger partial charge is 0.306 e. The molecule has 0 spiro atoms. The Bertz CT molecular complexity index is 1240. The number of allylic oxidation sites excluding steroid dienone is 6. The Hall–Kier alpha value is -1.88. The van der Waals surface area contributed by atoms with Gasteiger partial charge in [-0.2, -0.15) is 0 Å². The molecule has 0 aromatic carbocycles. The third-order valence-electron chi connectivity index (χ3n) is 16.4. The molecule has 5 nitrogen and oxygen atoms in total.